The molecule has 1 aliphatic heterocycles. The van der Waals surface area contributed by atoms with E-state index in [4.69, 9.17) is 11.6 Å². The number of fused-ring (bicyclic) bond motifs is 1. The van der Waals surface area contributed by atoms with E-state index in [9.17, 15) is 22.8 Å². The smallest absolute Gasteiger partial charge is 0.336 e. The van der Waals surface area contributed by atoms with E-state index in [1.165, 1.54) is 6.07 Å². The summed E-state index contributed by atoms with van der Waals surface area (Å²) in [7, 11) is 0. The van der Waals surface area contributed by atoms with Gasteiger partial charge in [0.2, 0.25) is 5.91 Å². The van der Waals surface area contributed by atoms with Crippen molar-refractivity contribution in [3.05, 3.63) is 76.8 Å². The molecule has 0 bridgehead atoms. The predicted molar refractivity (Wildman–Crippen MR) is 121 cm³/mol. The zero-order valence-electron chi connectivity index (χ0n) is 17.5. The number of piperazine rings is 1. The third kappa shape index (κ3) is 5.29. The number of carbonyl (C=O) groups excluding carboxylic acids is 2. The molecule has 3 aromatic rings. The van der Waals surface area contributed by atoms with E-state index in [1.807, 2.05) is 41.3 Å². The molecule has 1 N–H and O–H groups in total. The van der Waals surface area contributed by atoms with E-state index in [0.717, 1.165) is 22.9 Å². The monoisotopic (exact) mass is 475 g/mol. The third-order valence-corrected chi connectivity index (χ3v) is 5.84. The lowest BCUT2D eigenvalue weighted by Crippen LogP contribution is -2.50. The van der Waals surface area contributed by atoms with Gasteiger partial charge in [0.15, 0.2) is 0 Å². The summed E-state index contributed by atoms with van der Waals surface area (Å²) in [5.41, 5.74) is -0.697. The van der Waals surface area contributed by atoms with E-state index in [0.29, 0.717) is 31.7 Å². The molecule has 4 rings (SSSR count). The van der Waals surface area contributed by atoms with Gasteiger partial charge in [0.1, 0.15) is 0 Å². The van der Waals surface area contributed by atoms with Gasteiger partial charge in [0, 0.05) is 36.8 Å². The SMILES string of the molecule is O=C(CN1CCN(C(=O)c2cccc3ccccc23)CC1)Nc1ccc(Cl)cc1C(F)(F)F. The van der Waals surface area contributed by atoms with Crippen molar-refractivity contribution in [2.75, 3.05) is 38.0 Å². The highest BCUT2D eigenvalue weighted by Crippen LogP contribution is 2.36. The van der Waals surface area contributed by atoms with E-state index in [1.54, 1.807) is 11.0 Å². The number of nitrogens with zero attached hydrogens (tertiary/aromatic N) is 2. The fourth-order valence-corrected chi connectivity index (χ4v) is 4.12. The molecule has 1 saturated heterocycles. The van der Waals surface area contributed by atoms with Crippen molar-refractivity contribution < 1.29 is 22.8 Å². The quantitative estimate of drug-likeness (QED) is 0.583. The minimum atomic E-state index is -4.64. The Balaban J connectivity index is 1.36. The topological polar surface area (TPSA) is 52.7 Å². The van der Waals surface area contributed by atoms with Crippen LogP contribution in [0.2, 0.25) is 5.02 Å². The zero-order valence-corrected chi connectivity index (χ0v) is 18.3. The number of hydrogen-bond acceptors (Lipinski definition) is 3. The van der Waals surface area contributed by atoms with Gasteiger partial charge < -0.3 is 10.2 Å². The number of carbonyl (C=O) groups is 2. The van der Waals surface area contributed by atoms with E-state index in [-0.39, 0.29) is 23.2 Å². The summed E-state index contributed by atoms with van der Waals surface area (Å²) in [5.74, 6) is -0.636. The highest BCUT2D eigenvalue weighted by Gasteiger charge is 2.34. The standard InChI is InChI=1S/C24H21ClF3N3O2/c25-17-8-9-21(20(14-17)24(26,27)28)29-22(32)15-30-10-12-31(13-11-30)23(33)19-7-3-5-16-4-1-2-6-18(16)19/h1-9,14H,10-13,15H2,(H,29,32). The summed E-state index contributed by atoms with van der Waals surface area (Å²) < 4.78 is 39.7. The van der Waals surface area contributed by atoms with Crippen LogP contribution in [0.25, 0.3) is 10.8 Å². The van der Waals surface area contributed by atoms with Crippen molar-refractivity contribution in [3.63, 3.8) is 0 Å². The van der Waals surface area contributed by atoms with Crippen molar-refractivity contribution in [2.24, 2.45) is 0 Å². The van der Waals surface area contributed by atoms with E-state index in [2.05, 4.69) is 5.32 Å². The maximum Gasteiger partial charge on any atom is 0.418 e. The van der Waals surface area contributed by atoms with Crippen LogP contribution >= 0.6 is 11.6 Å². The molecule has 0 spiro atoms. The first kappa shape index (κ1) is 23.1. The number of rotatable bonds is 4. The number of benzene rings is 3. The molecule has 3 aromatic carbocycles. The lowest BCUT2D eigenvalue weighted by Gasteiger charge is -2.34. The highest BCUT2D eigenvalue weighted by atomic mass is 35.5. The fraction of sp³-hybridized carbons (Fsp3) is 0.250. The number of anilines is 1. The molecule has 0 saturated carbocycles. The molecule has 0 unspecified atom stereocenters. The lowest BCUT2D eigenvalue weighted by molar-refractivity contribution is -0.137. The Morgan fingerprint density at radius 2 is 1.64 bits per heavy atom. The fourth-order valence-electron chi connectivity index (χ4n) is 3.94. The van der Waals surface area contributed by atoms with Crippen LogP contribution in [-0.4, -0.2) is 54.3 Å². The summed E-state index contributed by atoms with van der Waals surface area (Å²) in [6.45, 7) is 1.65. The van der Waals surface area contributed by atoms with Crippen LogP contribution in [0.4, 0.5) is 18.9 Å². The Labute approximate surface area is 193 Å². The molecule has 33 heavy (non-hydrogen) atoms. The van der Waals surface area contributed by atoms with E-state index < -0.39 is 17.6 Å². The second-order valence-electron chi connectivity index (χ2n) is 7.83. The third-order valence-electron chi connectivity index (χ3n) is 5.61. The first-order chi connectivity index (χ1) is 15.7. The van der Waals surface area contributed by atoms with Gasteiger partial charge in [-0.05, 0) is 35.0 Å². The van der Waals surface area contributed by atoms with Crippen LogP contribution in [-0.2, 0) is 11.0 Å². The van der Waals surface area contributed by atoms with Gasteiger partial charge in [-0.1, -0.05) is 48.0 Å². The summed E-state index contributed by atoms with van der Waals surface area (Å²) in [6.07, 6.45) is -4.64. The van der Waals surface area contributed by atoms with E-state index >= 15 is 0 Å². The van der Waals surface area contributed by atoms with Crippen molar-refractivity contribution in [3.8, 4) is 0 Å². The maximum absolute atomic E-state index is 13.2. The zero-order chi connectivity index (χ0) is 23.6. The molecule has 1 fully saturated rings. The average molecular weight is 476 g/mol. The van der Waals surface area contributed by atoms with Crippen molar-refractivity contribution in [2.45, 2.75) is 6.18 Å². The Morgan fingerprint density at radius 1 is 0.939 bits per heavy atom. The molecule has 1 heterocycles. The molecule has 172 valence electrons. The average Bonchev–Trinajstić information content (AvgIpc) is 2.79. The molecule has 2 amide bonds. The Hall–Kier alpha value is -3.10. The Kier molecular flexibility index (Phi) is 6.58. The van der Waals surface area contributed by atoms with Crippen molar-refractivity contribution in [1.29, 1.82) is 0 Å². The Bertz CT molecular complexity index is 1190. The number of alkyl halides is 3. The molecule has 0 radical (unpaired) electrons. The largest absolute Gasteiger partial charge is 0.418 e. The maximum atomic E-state index is 13.2. The molecular weight excluding hydrogens is 455 g/mol. The van der Waals surface area contributed by atoms with Crippen molar-refractivity contribution in [1.82, 2.24) is 9.80 Å². The number of hydrogen-bond donors (Lipinski definition) is 1. The second kappa shape index (κ2) is 9.41. The molecule has 5 nitrogen and oxygen atoms in total. The number of nitrogens with one attached hydrogen (secondary N) is 1. The highest BCUT2D eigenvalue weighted by molar-refractivity contribution is 6.30. The van der Waals surface area contributed by atoms with Crippen LogP contribution in [0.5, 0.6) is 0 Å². The van der Waals surface area contributed by atoms with Gasteiger partial charge in [0.25, 0.3) is 5.91 Å². The van der Waals surface area contributed by atoms with Crippen LogP contribution in [0.15, 0.2) is 60.7 Å². The van der Waals surface area contributed by atoms with Crippen LogP contribution in [0.1, 0.15) is 15.9 Å². The molecule has 0 atom stereocenters. The minimum absolute atomic E-state index is 0.0627. The lowest BCUT2D eigenvalue weighted by atomic mass is 10.0. The number of halogens is 4. The normalized spacial score (nSPS) is 15.0. The molecular formula is C24H21ClF3N3O2. The van der Waals surface area contributed by atoms with Gasteiger partial charge in [-0.25, -0.2) is 0 Å². The predicted octanol–water partition coefficient (Wildman–Crippen LogP) is 4.91. The van der Waals surface area contributed by atoms with Gasteiger partial charge in [-0.2, -0.15) is 13.2 Å². The van der Waals surface area contributed by atoms with Crippen LogP contribution in [0.3, 0.4) is 0 Å². The second-order valence-corrected chi connectivity index (χ2v) is 8.27. The molecule has 9 heteroatoms. The van der Waals surface area contributed by atoms with Gasteiger partial charge in [-0.15, -0.1) is 0 Å². The molecule has 1 aliphatic rings. The van der Waals surface area contributed by atoms with Crippen molar-refractivity contribution >= 4 is 39.9 Å². The summed E-state index contributed by atoms with van der Waals surface area (Å²) in [6, 6.07) is 16.5. The molecule has 0 aromatic heterocycles. The van der Waals surface area contributed by atoms with Gasteiger partial charge in [0.05, 0.1) is 17.8 Å². The van der Waals surface area contributed by atoms with Crippen LogP contribution in [0, 0.1) is 0 Å². The summed E-state index contributed by atoms with van der Waals surface area (Å²) in [5, 5.41) is 4.14. The van der Waals surface area contributed by atoms with Crippen LogP contribution < -0.4 is 5.32 Å². The first-order valence-electron chi connectivity index (χ1n) is 10.4. The van der Waals surface area contributed by atoms with Gasteiger partial charge >= 0.3 is 6.18 Å². The summed E-state index contributed by atoms with van der Waals surface area (Å²) >= 11 is 5.68. The van der Waals surface area contributed by atoms with Gasteiger partial charge in [-0.3, -0.25) is 14.5 Å². The number of amides is 2. The minimum Gasteiger partial charge on any atom is -0.336 e. The Morgan fingerprint density at radius 3 is 2.36 bits per heavy atom. The first-order valence-corrected chi connectivity index (χ1v) is 10.8. The summed E-state index contributed by atoms with van der Waals surface area (Å²) in [4.78, 5) is 29.0. The molecule has 0 aliphatic carbocycles.